The first-order valence-electron chi connectivity index (χ1n) is 6.15. The van der Waals surface area contributed by atoms with Crippen LogP contribution in [0.25, 0.3) is 0 Å². The lowest BCUT2D eigenvalue weighted by molar-refractivity contribution is -0.384. The van der Waals surface area contributed by atoms with Gasteiger partial charge in [-0.3, -0.25) is 10.1 Å². The monoisotopic (exact) mass is 252 g/mol. The molecule has 5 nitrogen and oxygen atoms in total. The lowest BCUT2D eigenvalue weighted by atomic mass is 10.1. The molecule has 0 bridgehead atoms. The number of non-ortho nitro benzene ring substituents is 1. The topological polar surface area (TPSA) is 64.4 Å². The fraction of sp³-hybridized carbons (Fsp3) is 0.538. The van der Waals surface area contributed by atoms with E-state index in [1.165, 1.54) is 6.07 Å². The number of hydrogen-bond donors (Lipinski definition) is 1. The molecule has 0 saturated carbocycles. The van der Waals surface area contributed by atoms with Crippen LogP contribution in [0.5, 0.6) is 5.75 Å². The van der Waals surface area contributed by atoms with E-state index in [0.717, 1.165) is 17.9 Å². The second kappa shape index (κ2) is 6.96. The van der Waals surface area contributed by atoms with E-state index >= 15 is 0 Å². The van der Waals surface area contributed by atoms with E-state index in [1.807, 2.05) is 6.92 Å². The molecule has 1 N–H and O–H groups in total. The van der Waals surface area contributed by atoms with Crippen molar-refractivity contribution in [3.8, 4) is 5.75 Å². The maximum atomic E-state index is 10.7. The van der Waals surface area contributed by atoms with Gasteiger partial charge >= 0.3 is 0 Å². The van der Waals surface area contributed by atoms with Crippen LogP contribution in [0.4, 0.5) is 5.69 Å². The van der Waals surface area contributed by atoms with Crippen molar-refractivity contribution in [3.63, 3.8) is 0 Å². The lowest BCUT2D eigenvalue weighted by Crippen LogP contribution is -2.14. The number of benzene rings is 1. The third-order valence-corrected chi connectivity index (χ3v) is 2.39. The molecule has 0 heterocycles. The predicted molar refractivity (Wildman–Crippen MR) is 70.8 cm³/mol. The van der Waals surface area contributed by atoms with Gasteiger partial charge < -0.3 is 10.1 Å². The number of rotatable bonds is 7. The lowest BCUT2D eigenvalue weighted by Gasteiger charge is -2.13. The van der Waals surface area contributed by atoms with Crippen molar-refractivity contribution in [2.75, 3.05) is 13.2 Å². The van der Waals surface area contributed by atoms with Crippen LogP contribution in [-0.2, 0) is 6.54 Å². The molecule has 1 aromatic rings. The smallest absolute Gasteiger partial charge is 0.270 e. The van der Waals surface area contributed by atoms with Crippen molar-refractivity contribution in [2.45, 2.75) is 27.3 Å². The largest absolute Gasteiger partial charge is 0.493 e. The van der Waals surface area contributed by atoms with Crippen LogP contribution in [0.2, 0.25) is 0 Å². The van der Waals surface area contributed by atoms with Gasteiger partial charge in [-0.2, -0.15) is 0 Å². The maximum absolute atomic E-state index is 10.7. The van der Waals surface area contributed by atoms with Crippen molar-refractivity contribution in [2.24, 2.45) is 5.92 Å². The van der Waals surface area contributed by atoms with E-state index in [1.54, 1.807) is 12.1 Å². The molecular weight excluding hydrogens is 232 g/mol. The fourth-order valence-corrected chi connectivity index (χ4v) is 1.47. The zero-order chi connectivity index (χ0) is 13.5. The molecule has 0 aliphatic carbocycles. The van der Waals surface area contributed by atoms with E-state index in [4.69, 9.17) is 4.74 Å². The molecule has 1 rings (SSSR count). The molecule has 5 heteroatoms. The number of hydrogen-bond acceptors (Lipinski definition) is 4. The van der Waals surface area contributed by atoms with Crippen molar-refractivity contribution in [1.29, 1.82) is 0 Å². The number of nitrogens with one attached hydrogen (secondary N) is 1. The normalized spacial score (nSPS) is 10.7. The zero-order valence-electron chi connectivity index (χ0n) is 11.1. The third-order valence-electron chi connectivity index (χ3n) is 2.39. The van der Waals surface area contributed by atoms with E-state index in [0.29, 0.717) is 19.1 Å². The number of nitro groups is 1. The maximum Gasteiger partial charge on any atom is 0.270 e. The Bertz CT molecular complexity index is 405. The Labute approximate surface area is 107 Å². The minimum atomic E-state index is -0.387. The Morgan fingerprint density at radius 2 is 2.17 bits per heavy atom. The van der Waals surface area contributed by atoms with Gasteiger partial charge in [0.05, 0.1) is 11.5 Å². The van der Waals surface area contributed by atoms with E-state index in [-0.39, 0.29) is 10.6 Å². The Morgan fingerprint density at radius 1 is 1.44 bits per heavy atom. The molecule has 0 amide bonds. The third kappa shape index (κ3) is 4.33. The van der Waals surface area contributed by atoms with Crippen LogP contribution in [0.1, 0.15) is 26.3 Å². The fourth-order valence-electron chi connectivity index (χ4n) is 1.47. The summed E-state index contributed by atoms with van der Waals surface area (Å²) < 4.78 is 5.67. The number of ether oxygens (including phenoxy) is 1. The van der Waals surface area contributed by atoms with Crippen molar-refractivity contribution < 1.29 is 9.66 Å². The highest BCUT2D eigenvalue weighted by Crippen LogP contribution is 2.24. The van der Waals surface area contributed by atoms with Gasteiger partial charge in [0.1, 0.15) is 5.75 Å². The molecule has 0 atom stereocenters. The highest BCUT2D eigenvalue weighted by atomic mass is 16.6. The molecule has 0 spiro atoms. The second-order valence-corrected chi connectivity index (χ2v) is 4.53. The highest BCUT2D eigenvalue weighted by Gasteiger charge is 2.11. The Morgan fingerprint density at radius 3 is 2.72 bits per heavy atom. The summed E-state index contributed by atoms with van der Waals surface area (Å²) in [4.78, 5) is 10.4. The van der Waals surface area contributed by atoms with Gasteiger partial charge in [-0.05, 0) is 18.5 Å². The quantitative estimate of drug-likeness (QED) is 0.598. The van der Waals surface area contributed by atoms with Gasteiger partial charge in [0.15, 0.2) is 0 Å². The Hall–Kier alpha value is -1.62. The van der Waals surface area contributed by atoms with Gasteiger partial charge in [-0.1, -0.05) is 20.8 Å². The van der Waals surface area contributed by atoms with E-state index in [2.05, 4.69) is 19.2 Å². The summed E-state index contributed by atoms with van der Waals surface area (Å²) in [7, 11) is 0. The molecule has 0 saturated heterocycles. The summed E-state index contributed by atoms with van der Waals surface area (Å²) in [5, 5.41) is 13.9. The summed E-state index contributed by atoms with van der Waals surface area (Å²) in [6.45, 7) is 8.12. The van der Waals surface area contributed by atoms with E-state index < -0.39 is 0 Å². The first-order valence-corrected chi connectivity index (χ1v) is 6.15. The van der Waals surface area contributed by atoms with Crippen LogP contribution in [0.3, 0.4) is 0 Å². The average molecular weight is 252 g/mol. The molecule has 0 unspecified atom stereocenters. The summed E-state index contributed by atoms with van der Waals surface area (Å²) in [6, 6.07) is 4.72. The predicted octanol–water partition coefficient (Wildman–Crippen LogP) is 2.74. The van der Waals surface area contributed by atoms with Crippen LogP contribution >= 0.6 is 0 Å². The first kappa shape index (κ1) is 14.4. The standard InChI is InChI=1S/C13H20N2O3/c1-4-14-8-11-7-12(15(16)17)5-6-13(11)18-9-10(2)3/h5-7,10,14H,4,8-9H2,1-3H3. The first-order chi connectivity index (χ1) is 8.54. The van der Waals surface area contributed by atoms with Gasteiger partial charge in [-0.15, -0.1) is 0 Å². The van der Waals surface area contributed by atoms with Crippen molar-refractivity contribution in [3.05, 3.63) is 33.9 Å². The van der Waals surface area contributed by atoms with Crippen molar-refractivity contribution in [1.82, 2.24) is 5.32 Å². The minimum absolute atomic E-state index is 0.0970. The zero-order valence-corrected chi connectivity index (χ0v) is 11.1. The summed E-state index contributed by atoms with van der Waals surface area (Å²) >= 11 is 0. The molecule has 18 heavy (non-hydrogen) atoms. The summed E-state index contributed by atoms with van der Waals surface area (Å²) in [6.07, 6.45) is 0. The van der Waals surface area contributed by atoms with Gasteiger partial charge in [0, 0.05) is 24.2 Å². The molecule has 1 aromatic carbocycles. The van der Waals surface area contributed by atoms with Crippen LogP contribution in [0, 0.1) is 16.0 Å². The molecule has 0 radical (unpaired) electrons. The van der Waals surface area contributed by atoms with Crippen LogP contribution in [0.15, 0.2) is 18.2 Å². The van der Waals surface area contributed by atoms with Gasteiger partial charge in [0.25, 0.3) is 5.69 Å². The van der Waals surface area contributed by atoms with Crippen LogP contribution < -0.4 is 10.1 Å². The molecule has 100 valence electrons. The summed E-state index contributed by atoms with van der Waals surface area (Å²) in [5.74, 6) is 1.14. The molecule has 0 aliphatic rings. The SMILES string of the molecule is CCNCc1cc([N+](=O)[O-])ccc1OCC(C)C. The van der Waals surface area contributed by atoms with Gasteiger partial charge in [0.2, 0.25) is 0 Å². The average Bonchev–Trinajstić information content (AvgIpc) is 2.33. The molecular formula is C13H20N2O3. The molecule has 0 fully saturated rings. The Balaban J connectivity index is 2.89. The summed E-state index contributed by atoms with van der Waals surface area (Å²) in [5.41, 5.74) is 0.923. The van der Waals surface area contributed by atoms with Crippen molar-refractivity contribution >= 4 is 5.69 Å². The van der Waals surface area contributed by atoms with Gasteiger partial charge in [-0.25, -0.2) is 0 Å². The molecule has 0 aliphatic heterocycles. The second-order valence-electron chi connectivity index (χ2n) is 4.53. The highest BCUT2D eigenvalue weighted by molar-refractivity contribution is 5.43. The van der Waals surface area contributed by atoms with Crippen LogP contribution in [-0.4, -0.2) is 18.1 Å². The number of nitrogens with zero attached hydrogens (tertiary/aromatic N) is 1. The number of nitro benzene ring substituents is 1. The minimum Gasteiger partial charge on any atom is -0.493 e. The molecule has 0 aromatic heterocycles. The van der Waals surface area contributed by atoms with E-state index in [9.17, 15) is 10.1 Å². The Kier molecular flexibility index (Phi) is 5.58.